The van der Waals surface area contributed by atoms with Crippen molar-refractivity contribution in [1.29, 1.82) is 0 Å². The van der Waals surface area contributed by atoms with Crippen molar-refractivity contribution in [2.45, 2.75) is 13.5 Å². The molecule has 1 fully saturated rings. The number of ether oxygens (including phenoxy) is 1. The lowest BCUT2D eigenvalue weighted by molar-refractivity contribution is 0.419. The summed E-state index contributed by atoms with van der Waals surface area (Å²) in [4.78, 5) is 11.6. The Hall–Kier alpha value is -2.93. The fraction of sp³-hybridized carbons (Fsp3) is 0.333. The van der Waals surface area contributed by atoms with Crippen LogP contribution >= 0.6 is 0 Å². The zero-order valence-electron chi connectivity index (χ0n) is 16.0. The maximum Gasteiger partial charge on any atom is 0.167 e. The minimum atomic E-state index is -0.302. The number of hydrogen-bond acceptors (Lipinski definition) is 5. The molecule has 28 heavy (non-hydrogen) atoms. The van der Waals surface area contributed by atoms with Crippen molar-refractivity contribution < 1.29 is 9.13 Å². The molecule has 0 saturated carbocycles. The van der Waals surface area contributed by atoms with Crippen LogP contribution in [0.2, 0.25) is 0 Å². The molecule has 0 spiro atoms. The fourth-order valence-corrected chi connectivity index (χ4v) is 4.07. The number of benzene rings is 1. The summed E-state index contributed by atoms with van der Waals surface area (Å²) < 4.78 is 22.6. The number of para-hydroxylation sites is 1. The Bertz CT molecular complexity index is 1150. The van der Waals surface area contributed by atoms with Crippen LogP contribution in [-0.2, 0) is 6.54 Å². The van der Waals surface area contributed by atoms with Crippen LogP contribution in [0, 0.1) is 5.82 Å². The van der Waals surface area contributed by atoms with Gasteiger partial charge in [-0.15, -0.1) is 0 Å². The number of rotatable bonds is 3. The second kappa shape index (κ2) is 6.60. The van der Waals surface area contributed by atoms with E-state index in [1.54, 1.807) is 13.2 Å². The molecule has 1 aromatic carbocycles. The molecule has 0 atom stereocenters. The summed E-state index contributed by atoms with van der Waals surface area (Å²) >= 11 is 0. The third-order valence-corrected chi connectivity index (χ3v) is 5.49. The highest BCUT2D eigenvalue weighted by Crippen LogP contribution is 2.40. The first-order chi connectivity index (χ1) is 13.7. The van der Waals surface area contributed by atoms with Gasteiger partial charge in [0.25, 0.3) is 0 Å². The average Bonchev–Trinajstić information content (AvgIpc) is 3.12. The molecule has 3 aliphatic heterocycles. The van der Waals surface area contributed by atoms with Crippen molar-refractivity contribution in [3.63, 3.8) is 0 Å². The topological polar surface area (TPSA) is 55.2 Å². The van der Waals surface area contributed by atoms with Crippen LogP contribution in [0.4, 0.5) is 10.2 Å². The molecule has 0 bridgehead atoms. The van der Waals surface area contributed by atoms with Crippen molar-refractivity contribution in [2.24, 2.45) is 0 Å². The standard InChI is InChI=1S/C21H22FN5O/c1-3-26-12-15-13-5-4-6-17(28-2)19(13)24-18(15)14-11-16(22)21(25-20(14)26)27-9-7-23-8-10-27/h4-6,11-12,23H,3,7-10H2,1-2H3. The number of methoxy groups -OCH3 is 1. The van der Waals surface area contributed by atoms with Crippen molar-refractivity contribution in [1.82, 2.24) is 19.9 Å². The highest BCUT2D eigenvalue weighted by molar-refractivity contribution is 6.07. The summed E-state index contributed by atoms with van der Waals surface area (Å²) in [7, 11) is 1.64. The largest absolute Gasteiger partial charge is 0.494 e. The van der Waals surface area contributed by atoms with Crippen LogP contribution in [-0.4, -0.2) is 47.8 Å². The molecule has 5 rings (SSSR count). The highest BCUT2D eigenvalue weighted by Gasteiger charge is 2.23. The second-order valence-electron chi connectivity index (χ2n) is 7.05. The number of hydrogen-bond donors (Lipinski definition) is 1. The maximum atomic E-state index is 15.1. The molecule has 2 aromatic rings. The summed E-state index contributed by atoms with van der Waals surface area (Å²) in [6.45, 7) is 5.98. The zero-order valence-corrected chi connectivity index (χ0v) is 16.0. The van der Waals surface area contributed by atoms with Crippen molar-refractivity contribution in [2.75, 3.05) is 38.2 Å². The number of aryl methyl sites for hydroxylation is 1. The molecule has 0 aliphatic carbocycles. The number of aromatic nitrogens is 3. The Morgan fingerprint density at radius 2 is 2.00 bits per heavy atom. The maximum absolute atomic E-state index is 15.1. The lowest BCUT2D eigenvalue weighted by Crippen LogP contribution is -2.44. The van der Waals surface area contributed by atoms with Crippen LogP contribution in [0.5, 0.6) is 5.75 Å². The summed E-state index contributed by atoms with van der Waals surface area (Å²) in [5, 5.41) is 5.03. The van der Waals surface area contributed by atoms with Gasteiger partial charge in [-0.1, -0.05) is 12.1 Å². The van der Waals surface area contributed by atoms with E-state index in [1.165, 1.54) is 0 Å². The van der Waals surface area contributed by atoms with Crippen molar-refractivity contribution in [3.05, 3.63) is 36.3 Å². The van der Waals surface area contributed by atoms with Gasteiger partial charge in [0, 0.05) is 55.3 Å². The lowest BCUT2D eigenvalue weighted by Gasteiger charge is -2.29. The van der Waals surface area contributed by atoms with Gasteiger partial charge < -0.3 is 19.5 Å². The minimum Gasteiger partial charge on any atom is -0.494 e. The molecule has 4 heterocycles. The zero-order chi connectivity index (χ0) is 19.3. The number of fused-ring (bicyclic) bond motifs is 5. The molecule has 0 radical (unpaired) electrons. The first kappa shape index (κ1) is 17.2. The van der Waals surface area contributed by atoms with E-state index in [1.807, 2.05) is 23.1 Å². The van der Waals surface area contributed by atoms with Crippen LogP contribution in [0.15, 0.2) is 30.5 Å². The number of nitrogens with one attached hydrogen (secondary N) is 1. The van der Waals surface area contributed by atoms with Gasteiger partial charge >= 0.3 is 0 Å². The third kappa shape index (κ3) is 2.50. The molecule has 1 N–H and O–H groups in total. The Labute approximate surface area is 162 Å². The van der Waals surface area contributed by atoms with Gasteiger partial charge in [0.2, 0.25) is 0 Å². The molecule has 3 aliphatic rings. The van der Waals surface area contributed by atoms with E-state index < -0.39 is 0 Å². The number of piperazine rings is 1. The minimum absolute atomic E-state index is 0.302. The molecule has 6 nitrogen and oxygen atoms in total. The Kier molecular flexibility index (Phi) is 4.05. The Morgan fingerprint density at radius 1 is 1.18 bits per heavy atom. The van der Waals surface area contributed by atoms with Gasteiger partial charge in [-0.05, 0) is 19.1 Å². The smallest absolute Gasteiger partial charge is 0.167 e. The number of halogens is 1. The number of pyridine rings is 2. The van der Waals surface area contributed by atoms with Gasteiger partial charge in [0.05, 0.1) is 12.8 Å². The summed E-state index contributed by atoms with van der Waals surface area (Å²) in [6.07, 6.45) is 2.07. The number of anilines is 1. The Morgan fingerprint density at radius 3 is 2.75 bits per heavy atom. The van der Waals surface area contributed by atoms with Gasteiger partial charge in [-0.3, -0.25) is 0 Å². The molecule has 1 saturated heterocycles. The molecule has 144 valence electrons. The SMILES string of the molecule is CCn1cc2c3cccc(OC)c3nc-2c2cc(F)c(N3CCNCC3)nc21. The molecule has 7 heteroatoms. The van der Waals surface area contributed by atoms with Crippen LogP contribution in [0.3, 0.4) is 0 Å². The third-order valence-electron chi connectivity index (χ3n) is 5.49. The van der Waals surface area contributed by atoms with Crippen molar-refractivity contribution >= 4 is 27.8 Å². The second-order valence-corrected chi connectivity index (χ2v) is 7.05. The predicted molar refractivity (Wildman–Crippen MR) is 109 cm³/mol. The lowest BCUT2D eigenvalue weighted by atomic mass is 10.1. The molecular formula is C21H22FN5O. The highest BCUT2D eigenvalue weighted by atomic mass is 19.1. The van der Waals surface area contributed by atoms with Gasteiger partial charge in [-0.2, -0.15) is 0 Å². The van der Waals surface area contributed by atoms with Crippen LogP contribution < -0.4 is 15.0 Å². The average molecular weight is 379 g/mol. The normalized spacial score (nSPS) is 15.0. The Balaban J connectivity index is 1.81. The van der Waals surface area contributed by atoms with E-state index in [0.717, 1.165) is 71.7 Å². The van der Waals surface area contributed by atoms with E-state index in [-0.39, 0.29) is 5.82 Å². The van der Waals surface area contributed by atoms with E-state index in [4.69, 9.17) is 14.7 Å². The summed E-state index contributed by atoms with van der Waals surface area (Å²) in [6, 6.07) is 7.46. The van der Waals surface area contributed by atoms with Crippen LogP contribution in [0.25, 0.3) is 33.2 Å². The molecule has 0 unspecified atom stereocenters. The fourth-order valence-electron chi connectivity index (χ4n) is 4.07. The molecule has 0 amide bonds. The van der Waals surface area contributed by atoms with Gasteiger partial charge in [-0.25, -0.2) is 14.4 Å². The molecule has 1 aromatic heterocycles. The predicted octanol–water partition coefficient (Wildman–Crippen LogP) is 3.27. The summed E-state index contributed by atoms with van der Waals surface area (Å²) in [5.74, 6) is 0.837. The van der Waals surface area contributed by atoms with Gasteiger partial charge in [0.1, 0.15) is 16.9 Å². The van der Waals surface area contributed by atoms with Gasteiger partial charge in [0.15, 0.2) is 11.6 Å². The van der Waals surface area contributed by atoms with E-state index in [0.29, 0.717) is 5.82 Å². The first-order valence-corrected chi connectivity index (χ1v) is 9.62. The van der Waals surface area contributed by atoms with Crippen LogP contribution in [0.1, 0.15) is 6.92 Å². The monoisotopic (exact) mass is 379 g/mol. The van der Waals surface area contributed by atoms with E-state index in [9.17, 15) is 0 Å². The molecular weight excluding hydrogens is 357 g/mol. The van der Waals surface area contributed by atoms with E-state index in [2.05, 4.69) is 23.0 Å². The first-order valence-electron chi connectivity index (χ1n) is 9.62. The summed E-state index contributed by atoms with van der Waals surface area (Å²) in [5.41, 5.74) is 3.30. The van der Waals surface area contributed by atoms with Crippen molar-refractivity contribution in [3.8, 4) is 17.0 Å². The number of nitrogens with zero attached hydrogens (tertiary/aromatic N) is 4. The van der Waals surface area contributed by atoms with E-state index >= 15 is 4.39 Å². The quantitative estimate of drug-likeness (QED) is 0.592.